The molecular weight excluding hydrogens is 387 g/mol. The second kappa shape index (κ2) is 12.6. The molecule has 0 saturated heterocycles. The molecule has 0 saturated carbocycles. The second-order valence-electron chi connectivity index (χ2n) is 6.68. The van der Waals surface area contributed by atoms with Crippen LogP contribution in [-0.2, 0) is 26.9 Å². The van der Waals surface area contributed by atoms with E-state index in [2.05, 4.69) is 12.1 Å². The number of carbonyl (C=O) groups excluding carboxylic acids is 1. The Balaban J connectivity index is 1.86. The molecule has 0 heterocycles. The van der Waals surface area contributed by atoms with Crippen molar-refractivity contribution in [1.29, 1.82) is 0 Å². The molecule has 0 fully saturated rings. The lowest BCUT2D eigenvalue weighted by Gasteiger charge is -2.21. The number of carbonyl (C=O) groups is 1. The molecule has 29 heavy (non-hydrogen) atoms. The van der Waals surface area contributed by atoms with E-state index in [9.17, 15) is 9.90 Å². The predicted molar refractivity (Wildman–Crippen MR) is 117 cm³/mol. The zero-order chi connectivity index (χ0) is 21.1. The molecule has 6 heteroatoms. The second-order valence-corrected chi connectivity index (χ2v) is 8.03. The summed E-state index contributed by atoms with van der Waals surface area (Å²) in [5.41, 5.74) is 2.18. The average molecular weight is 418 g/mol. The molecule has 158 valence electrons. The first kappa shape index (κ1) is 23.3. The van der Waals surface area contributed by atoms with E-state index in [4.69, 9.17) is 14.2 Å². The number of aliphatic hydroxyl groups excluding tert-OH is 1. The molecule has 4 atom stereocenters. The van der Waals surface area contributed by atoms with E-state index in [-0.39, 0.29) is 12.1 Å². The van der Waals surface area contributed by atoms with Gasteiger partial charge in [0.15, 0.2) is 6.10 Å². The Morgan fingerprint density at radius 3 is 2.31 bits per heavy atom. The number of hydrogen-bond donors (Lipinski definition) is 1. The van der Waals surface area contributed by atoms with E-state index in [1.165, 1.54) is 5.56 Å². The van der Waals surface area contributed by atoms with Gasteiger partial charge in [-0.15, -0.1) is 0 Å². The summed E-state index contributed by atoms with van der Waals surface area (Å²) in [6.07, 6.45) is 0.371. The summed E-state index contributed by atoms with van der Waals surface area (Å²) in [6.45, 7) is 6.30. The molecule has 0 amide bonds. The van der Waals surface area contributed by atoms with Gasteiger partial charge in [-0.2, -0.15) is 0 Å². The van der Waals surface area contributed by atoms with Crippen LogP contribution in [0.25, 0.3) is 0 Å². The fraction of sp³-hybridized carbons (Fsp3) is 0.435. The van der Waals surface area contributed by atoms with Crippen LogP contribution in [0.15, 0.2) is 54.6 Å². The molecule has 2 rings (SSSR count). The van der Waals surface area contributed by atoms with Crippen molar-refractivity contribution < 1.29 is 24.1 Å². The van der Waals surface area contributed by atoms with Crippen molar-refractivity contribution in [2.24, 2.45) is 0 Å². The normalized spacial score (nSPS) is 14.5. The Hall–Kier alpha value is -1.94. The average Bonchev–Trinajstić information content (AvgIpc) is 2.74. The maximum absolute atomic E-state index is 12.0. The van der Waals surface area contributed by atoms with Gasteiger partial charge in [-0.25, -0.2) is 4.79 Å². The Bertz CT molecular complexity index is 720. The van der Waals surface area contributed by atoms with Crippen LogP contribution in [0.2, 0.25) is 0 Å². The number of ether oxygens (including phenoxy) is 3. The molecule has 5 nitrogen and oxygen atoms in total. The molecule has 0 bridgehead atoms. The molecule has 0 aliphatic carbocycles. The van der Waals surface area contributed by atoms with Gasteiger partial charge in [0.25, 0.3) is 0 Å². The highest BCUT2D eigenvalue weighted by Crippen LogP contribution is 2.27. The van der Waals surface area contributed by atoms with Crippen molar-refractivity contribution in [2.75, 3.05) is 13.2 Å². The third-order valence-corrected chi connectivity index (χ3v) is 5.89. The van der Waals surface area contributed by atoms with E-state index in [0.717, 1.165) is 11.7 Å². The Morgan fingerprint density at radius 2 is 1.69 bits per heavy atom. The first-order valence-corrected chi connectivity index (χ1v) is 11.3. The summed E-state index contributed by atoms with van der Waals surface area (Å²) in [6, 6.07) is 17.7. The van der Waals surface area contributed by atoms with Crippen LogP contribution in [0.1, 0.15) is 31.9 Å². The van der Waals surface area contributed by atoms with Gasteiger partial charge in [-0.3, -0.25) is 0 Å². The zero-order valence-corrected chi connectivity index (χ0v) is 18.3. The molecule has 2 aromatic rings. The third-order valence-electron chi connectivity index (χ3n) is 4.39. The summed E-state index contributed by atoms with van der Waals surface area (Å²) in [5, 5.41) is 10.4. The van der Waals surface area contributed by atoms with Gasteiger partial charge in [-0.05, 0) is 50.2 Å². The molecule has 4 unspecified atom stereocenters. The van der Waals surface area contributed by atoms with Crippen LogP contribution in [0, 0.1) is 0 Å². The summed E-state index contributed by atoms with van der Waals surface area (Å²) in [7, 11) is 0.369. The standard InChI is InChI=1S/C23H31O5P/c1-4-26-21(22(24)27-5-2)15-18-11-13-20(14-12-18)28-17(3)23(25)29-16-19-9-7-6-8-10-19/h6-14,17,21,23,25,29H,4-5,15-16H2,1-3H3. The predicted octanol–water partition coefficient (Wildman–Crippen LogP) is 4.16. The van der Waals surface area contributed by atoms with E-state index in [1.807, 2.05) is 56.3 Å². The van der Waals surface area contributed by atoms with Gasteiger partial charge >= 0.3 is 5.97 Å². The smallest absolute Gasteiger partial charge is 0.335 e. The monoisotopic (exact) mass is 418 g/mol. The first-order valence-electron chi connectivity index (χ1n) is 10.0. The van der Waals surface area contributed by atoms with E-state index < -0.39 is 11.9 Å². The van der Waals surface area contributed by atoms with Gasteiger partial charge in [-0.1, -0.05) is 51.0 Å². The lowest BCUT2D eigenvalue weighted by atomic mass is 10.1. The summed E-state index contributed by atoms with van der Waals surface area (Å²) in [4.78, 5) is 12.0. The lowest BCUT2D eigenvalue weighted by molar-refractivity contribution is -0.156. The van der Waals surface area contributed by atoms with E-state index in [1.54, 1.807) is 6.92 Å². The fourth-order valence-corrected chi connectivity index (χ4v) is 3.91. The maximum atomic E-state index is 12.0. The van der Waals surface area contributed by atoms with Crippen molar-refractivity contribution >= 4 is 14.6 Å². The van der Waals surface area contributed by atoms with Crippen molar-refractivity contribution in [3.8, 4) is 5.75 Å². The highest BCUT2D eigenvalue weighted by molar-refractivity contribution is 7.37. The molecule has 0 aromatic heterocycles. The Labute approximate surface area is 175 Å². The molecule has 0 radical (unpaired) electrons. The van der Waals surface area contributed by atoms with Crippen molar-refractivity contribution in [1.82, 2.24) is 0 Å². The molecule has 2 aromatic carbocycles. The number of rotatable bonds is 12. The molecule has 1 N–H and O–H groups in total. The maximum Gasteiger partial charge on any atom is 0.335 e. The quantitative estimate of drug-likeness (QED) is 0.414. The van der Waals surface area contributed by atoms with E-state index in [0.29, 0.717) is 34.0 Å². The van der Waals surface area contributed by atoms with Crippen molar-refractivity contribution in [2.45, 2.75) is 51.4 Å². The summed E-state index contributed by atoms with van der Waals surface area (Å²) >= 11 is 0. The molecule has 0 aliphatic rings. The Kier molecular flexibility index (Phi) is 10.1. The van der Waals surface area contributed by atoms with Crippen molar-refractivity contribution in [3.05, 3.63) is 65.7 Å². The van der Waals surface area contributed by atoms with Crippen LogP contribution in [-0.4, -0.2) is 42.3 Å². The van der Waals surface area contributed by atoms with Gasteiger partial charge in [0.1, 0.15) is 17.7 Å². The van der Waals surface area contributed by atoms with Gasteiger partial charge in [0.05, 0.1) is 6.61 Å². The first-order chi connectivity index (χ1) is 14.0. The Morgan fingerprint density at radius 1 is 1.00 bits per heavy atom. The number of hydrogen-bond acceptors (Lipinski definition) is 5. The third kappa shape index (κ3) is 8.14. The fourth-order valence-electron chi connectivity index (χ4n) is 2.83. The SMILES string of the molecule is CCOC(=O)C(Cc1ccc(OC(C)C(O)PCc2ccccc2)cc1)OCC. The van der Waals surface area contributed by atoms with Crippen LogP contribution >= 0.6 is 8.58 Å². The van der Waals surface area contributed by atoms with Gasteiger partial charge in [0, 0.05) is 13.0 Å². The molecule has 0 spiro atoms. The minimum atomic E-state index is -0.605. The topological polar surface area (TPSA) is 65.0 Å². The summed E-state index contributed by atoms with van der Waals surface area (Å²) < 4.78 is 16.5. The largest absolute Gasteiger partial charge is 0.488 e. The van der Waals surface area contributed by atoms with Gasteiger partial charge in [0.2, 0.25) is 0 Å². The molecular formula is C23H31O5P. The van der Waals surface area contributed by atoms with Crippen LogP contribution in [0.4, 0.5) is 0 Å². The van der Waals surface area contributed by atoms with Crippen LogP contribution in [0.3, 0.4) is 0 Å². The number of benzene rings is 2. The van der Waals surface area contributed by atoms with Crippen LogP contribution < -0.4 is 4.74 Å². The number of esters is 1. The summed E-state index contributed by atoms with van der Waals surface area (Å²) in [5.74, 6) is -0.180. The molecule has 0 aliphatic heterocycles. The highest BCUT2D eigenvalue weighted by atomic mass is 31.1. The minimum Gasteiger partial charge on any atom is -0.488 e. The van der Waals surface area contributed by atoms with Crippen molar-refractivity contribution in [3.63, 3.8) is 0 Å². The zero-order valence-electron chi connectivity index (χ0n) is 17.3. The minimum absolute atomic E-state index is 0.307. The van der Waals surface area contributed by atoms with Gasteiger partial charge < -0.3 is 19.3 Å². The van der Waals surface area contributed by atoms with E-state index >= 15 is 0 Å². The lowest BCUT2D eigenvalue weighted by Crippen LogP contribution is -2.29. The highest BCUT2D eigenvalue weighted by Gasteiger charge is 2.21. The van der Waals surface area contributed by atoms with Crippen LogP contribution in [0.5, 0.6) is 5.75 Å². The number of aliphatic hydroxyl groups is 1.